The maximum absolute atomic E-state index is 12.0. The van der Waals surface area contributed by atoms with Crippen molar-refractivity contribution >= 4 is 11.6 Å². The number of ether oxygens (including phenoxy) is 1. The van der Waals surface area contributed by atoms with Gasteiger partial charge in [-0.1, -0.05) is 30.3 Å². The Morgan fingerprint density at radius 1 is 1.13 bits per heavy atom. The maximum atomic E-state index is 12.0. The van der Waals surface area contributed by atoms with E-state index in [-0.39, 0.29) is 5.91 Å². The van der Waals surface area contributed by atoms with Gasteiger partial charge in [0.2, 0.25) is 5.91 Å². The van der Waals surface area contributed by atoms with Crippen molar-refractivity contribution in [3.8, 4) is 5.75 Å². The lowest BCUT2D eigenvalue weighted by Gasteiger charge is -2.12. The molecule has 0 saturated heterocycles. The summed E-state index contributed by atoms with van der Waals surface area (Å²) in [4.78, 5) is 12.0. The van der Waals surface area contributed by atoms with Crippen LogP contribution in [-0.4, -0.2) is 19.6 Å². The molecule has 2 N–H and O–H groups in total. The topological polar surface area (TPSA) is 50.4 Å². The number of carbonyl (C=O) groups excluding carboxylic acids is 1. The van der Waals surface area contributed by atoms with Crippen LogP contribution in [0.4, 0.5) is 5.69 Å². The smallest absolute Gasteiger partial charge is 0.222 e. The van der Waals surface area contributed by atoms with Crippen molar-refractivity contribution in [2.45, 2.75) is 26.8 Å². The van der Waals surface area contributed by atoms with E-state index >= 15 is 0 Å². The van der Waals surface area contributed by atoms with E-state index in [1.165, 1.54) is 5.56 Å². The molecule has 0 fully saturated rings. The summed E-state index contributed by atoms with van der Waals surface area (Å²) in [6, 6.07) is 14.0. The van der Waals surface area contributed by atoms with Crippen molar-refractivity contribution in [2.24, 2.45) is 0 Å². The Hall–Kier alpha value is -2.49. The molecule has 0 radical (unpaired) electrons. The minimum atomic E-state index is 0.0346. The summed E-state index contributed by atoms with van der Waals surface area (Å²) < 4.78 is 5.31. The predicted molar refractivity (Wildman–Crippen MR) is 93.9 cm³/mol. The van der Waals surface area contributed by atoms with Crippen LogP contribution in [0.2, 0.25) is 0 Å². The first-order valence-electron chi connectivity index (χ1n) is 7.80. The Bertz CT molecular complexity index is 668. The molecule has 0 aliphatic carbocycles. The summed E-state index contributed by atoms with van der Waals surface area (Å²) in [5.74, 6) is 0.822. The van der Waals surface area contributed by atoms with Gasteiger partial charge < -0.3 is 15.4 Å². The summed E-state index contributed by atoms with van der Waals surface area (Å²) in [6.07, 6.45) is 0.420. The number of amides is 1. The number of anilines is 1. The van der Waals surface area contributed by atoms with Gasteiger partial charge in [-0.2, -0.15) is 0 Å². The van der Waals surface area contributed by atoms with Crippen molar-refractivity contribution < 1.29 is 9.53 Å². The van der Waals surface area contributed by atoms with E-state index in [9.17, 15) is 4.79 Å². The van der Waals surface area contributed by atoms with Gasteiger partial charge in [0.15, 0.2) is 0 Å². The lowest BCUT2D eigenvalue weighted by atomic mass is 10.1. The van der Waals surface area contributed by atoms with Gasteiger partial charge in [-0.25, -0.2) is 0 Å². The molecule has 122 valence electrons. The number of rotatable bonds is 7. The normalized spacial score (nSPS) is 10.2. The van der Waals surface area contributed by atoms with Crippen LogP contribution in [0.3, 0.4) is 0 Å². The molecule has 0 atom stereocenters. The molecular formula is C19H24N2O2. The maximum Gasteiger partial charge on any atom is 0.222 e. The first-order chi connectivity index (χ1) is 11.1. The van der Waals surface area contributed by atoms with Crippen LogP contribution in [0.5, 0.6) is 5.75 Å². The molecule has 2 rings (SSSR count). The first kappa shape index (κ1) is 16.9. The number of nitrogens with one attached hydrogen (secondary N) is 2. The van der Waals surface area contributed by atoms with Crippen molar-refractivity contribution in [3.05, 3.63) is 59.2 Å². The summed E-state index contributed by atoms with van der Waals surface area (Å²) >= 11 is 0. The van der Waals surface area contributed by atoms with Gasteiger partial charge in [0.05, 0.1) is 12.8 Å². The quantitative estimate of drug-likeness (QED) is 0.823. The molecule has 0 aromatic heterocycles. The van der Waals surface area contributed by atoms with Crippen molar-refractivity contribution in [3.63, 3.8) is 0 Å². The molecule has 2 aromatic rings. The second-order valence-corrected chi connectivity index (χ2v) is 5.58. The molecule has 0 saturated carbocycles. The van der Waals surface area contributed by atoms with Gasteiger partial charge in [-0.05, 0) is 42.7 Å². The largest absolute Gasteiger partial charge is 0.495 e. The monoisotopic (exact) mass is 312 g/mol. The van der Waals surface area contributed by atoms with Gasteiger partial charge in [-0.3, -0.25) is 4.79 Å². The van der Waals surface area contributed by atoms with Crippen LogP contribution < -0.4 is 15.4 Å². The molecule has 0 spiro atoms. The molecule has 0 unspecified atom stereocenters. The van der Waals surface area contributed by atoms with E-state index in [0.717, 1.165) is 22.6 Å². The molecular weight excluding hydrogens is 288 g/mol. The summed E-state index contributed by atoms with van der Waals surface area (Å²) in [5.41, 5.74) is 4.40. The Balaban J connectivity index is 1.79. The number of hydrogen-bond acceptors (Lipinski definition) is 3. The van der Waals surface area contributed by atoms with E-state index in [1.807, 2.05) is 56.3 Å². The highest BCUT2D eigenvalue weighted by atomic mass is 16.5. The lowest BCUT2D eigenvalue weighted by molar-refractivity contribution is -0.121. The van der Waals surface area contributed by atoms with E-state index in [1.54, 1.807) is 7.11 Å². The van der Waals surface area contributed by atoms with Crippen LogP contribution in [0.25, 0.3) is 0 Å². The lowest BCUT2D eigenvalue weighted by Crippen LogP contribution is -2.25. The molecule has 0 heterocycles. The van der Waals surface area contributed by atoms with Gasteiger partial charge in [-0.15, -0.1) is 0 Å². The average molecular weight is 312 g/mol. The molecule has 0 aliphatic rings. The fraction of sp³-hybridized carbons (Fsp3) is 0.316. The summed E-state index contributed by atoms with van der Waals surface area (Å²) in [6.45, 7) is 5.21. The summed E-state index contributed by atoms with van der Waals surface area (Å²) in [7, 11) is 1.64. The Labute approximate surface area is 137 Å². The van der Waals surface area contributed by atoms with Crippen LogP contribution in [-0.2, 0) is 11.3 Å². The zero-order valence-corrected chi connectivity index (χ0v) is 14.0. The van der Waals surface area contributed by atoms with Crippen molar-refractivity contribution in [1.82, 2.24) is 5.32 Å². The zero-order valence-electron chi connectivity index (χ0n) is 14.0. The molecule has 23 heavy (non-hydrogen) atoms. The van der Waals surface area contributed by atoms with E-state index in [4.69, 9.17) is 4.74 Å². The van der Waals surface area contributed by atoms with E-state index in [2.05, 4.69) is 10.6 Å². The number of benzene rings is 2. The van der Waals surface area contributed by atoms with Gasteiger partial charge in [0, 0.05) is 19.5 Å². The first-order valence-corrected chi connectivity index (χ1v) is 7.80. The van der Waals surface area contributed by atoms with E-state index < -0.39 is 0 Å². The number of hydrogen-bond donors (Lipinski definition) is 2. The Kier molecular flexibility index (Phi) is 6.03. The third-order valence-corrected chi connectivity index (χ3v) is 3.76. The van der Waals surface area contributed by atoms with Crippen LogP contribution in [0.15, 0.2) is 42.5 Å². The van der Waals surface area contributed by atoms with Gasteiger partial charge >= 0.3 is 0 Å². The van der Waals surface area contributed by atoms with Crippen molar-refractivity contribution in [2.75, 3.05) is 19.0 Å². The molecule has 1 amide bonds. The van der Waals surface area contributed by atoms with Crippen LogP contribution in [0, 0.1) is 13.8 Å². The molecule has 2 aromatic carbocycles. The Morgan fingerprint density at radius 2 is 1.91 bits per heavy atom. The number of carbonyl (C=O) groups is 1. The second-order valence-electron chi connectivity index (χ2n) is 5.58. The highest BCUT2D eigenvalue weighted by Crippen LogP contribution is 2.24. The van der Waals surface area contributed by atoms with E-state index in [0.29, 0.717) is 19.5 Å². The Morgan fingerprint density at radius 3 is 2.65 bits per heavy atom. The van der Waals surface area contributed by atoms with Gasteiger partial charge in [0.25, 0.3) is 0 Å². The number of methoxy groups -OCH3 is 1. The highest BCUT2D eigenvalue weighted by molar-refractivity contribution is 5.76. The fourth-order valence-electron chi connectivity index (χ4n) is 2.36. The minimum absolute atomic E-state index is 0.0346. The molecule has 0 bridgehead atoms. The molecule has 4 nitrogen and oxygen atoms in total. The van der Waals surface area contributed by atoms with Crippen LogP contribution >= 0.6 is 0 Å². The van der Waals surface area contributed by atoms with Crippen molar-refractivity contribution in [1.29, 1.82) is 0 Å². The fourth-order valence-corrected chi connectivity index (χ4v) is 2.36. The zero-order chi connectivity index (χ0) is 16.7. The van der Waals surface area contributed by atoms with Gasteiger partial charge in [0.1, 0.15) is 5.75 Å². The standard InChI is InChI=1S/C19H24N2O2/c1-14-8-9-18(23-3)17(12-14)20-11-10-19(22)21-13-16-7-5-4-6-15(16)2/h4-9,12,20H,10-11,13H2,1-3H3,(H,21,22). The SMILES string of the molecule is COc1ccc(C)cc1NCCC(=O)NCc1ccccc1C. The predicted octanol–water partition coefficient (Wildman–Crippen LogP) is 3.43. The van der Waals surface area contributed by atoms with Crippen LogP contribution in [0.1, 0.15) is 23.1 Å². The minimum Gasteiger partial charge on any atom is -0.495 e. The molecule has 4 heteroatoms. The average Bonchev–Trinajstić information content (AvgIpc) is 2.54. The summed E-state index contributed by atoms with van der Waals surface area (Å²) in [5, 5.41) is 6.22. The molecule has 0 aliphatic heterocycles. The number of aryl methyl sites for hydroxylation is 2. The third-order valence-electron chi connectivity index (χ3n) is 3.76. The third kappa shape index (κ3) is 5.02. The highest BCUT2D eigenvalue weighted by Gasteiger charge is 2.05. The second kappa shape index (κ2) is 8.22.